The zero-order valence-corrected chi connectivity index (χ0v) is 12.8. The number of nitrogens with zero attached hydrogens (tertiary/aromatic N) is 1. The number of hydrogen-bond donors (Lipinski definition) is 1. The van der Waals surface area contributed by atoms with Crippen molar-refractivity contribution in [3.05, 3.63) is 35.4 Å². The maximum atomic E-state index is 3.66. The van der Waals surface area contributed by atoms with Gasteiger partial charge in [0.05, 0.1) is 0 Å². The molecule has 0 aromatic heterocycles. The summed E-state index contributed by atoms with van der Waals surface area (Å²) in [7, 11) is 0. The van der Waals surface area contributed by atoms with Crippen LogP contribution in [0.15, 0.2) is 24.3 Å². The van der Waals surface area contributed by atoms with E-state index in [2.05, 4.69) is 62.2 Å². The highest BCUT2D eigenvalue weighted by Crippen LogP contribution is 2.16. The molecule has 0 saturated carbocycles. The van der Waals surface area contributed by atoms with Crippen LogP contribution in [0.1, 0.15) is 38.8 Å². The van der Waals surface area contributed by atoms with Crippen LogP contribution in [0.5, 0.6) is 0 Å². The summed E-state index contributed by atoms with van der Waals surface area (Å²) >= 11 is 0. The fourth-order valence-corrected chi connectivity index (χ4v) is 2.73. The minimum atomic E-state index is 0.626. The zero-order valence-electron chi connectivity index (χ0n) is 12.8. The van der Waals surface area contributed by atoms with Crippen molar-refractivity contribution in [2.45, 2.75) is 52.7 Å². The average molecular weight is 260 g/mol. The number of nitrogens with one attached hydrogen (secondary N) is 1. The van der Waals surface area contributed by atoms with E-state index in [9.17, 15) is 0 Å². The van der Waals surface area contributed by atoms with Gasteiger partial charge in [-0.3, -0.25) is 4.90 Å². The molecule has 1 N–H and O–H groups in total. The van der Waals surface area contributed by atoms with Gasteiger partial charge in [-0.1, -0.05) is 45.0 Å². The third kappa shape index (κ3) is 3.80. The lowest BCUT2D eigenvalue weighted by atomic mass is 9.99. The Balaban J connectivity index is 1.99. The molecule has 1 fully saturated rings. The molecular formula is C17H28N2. The first kappa shape index (κ1) is 14.5. The second kappa shape index (κ2) is 6.53. The maximum Gasteiger partial charge on any atom is 0.0237 e. The van der Waals surface area contributed by atoms with E-state index in [1.165, 1.54) is 11.1 Å². The third-order valence-electron chi connectivity index (χ3n) is 4.35. The SMILES string of the molecule is CCc1ccc(CN2CC(C(C)C)NCC2C)cc1. The van der Waals surface area contributed by atoms with Gasteiger partial charge in [0.2, 0.25) is 0 Å². The highest BCUT2D eigenvalue weighted by atomic mass is 15.2. The van der Waals surface area contributed by atoms with Crippen LogP contribution in [0.3, 0.4) is 0 Å². The molecule has 0 spiro atoms. The Hall–Kier alpha value is -0.860. The molecule has 2 unspecified atom stereocenters. The Morgan fingerprint density at radius 1 is 1.21 bits per heavy atom. The summed E-state index contributed by atoms with van der Waals surface area (Å²) in [6.07, 6.45) is 1.12. The van der Waals surface area contributed by atoms with Crippen molar-refractivity contribution in [1.29, 1.82) is 0 Å². The molecule has 1 aromatic carbocycles. The Morgan fingerprint density at radius 3 is 2.42 bits per heavy atom. The number of piperazine rings is 1. The second-order valence-electron chi connectivity index (χ2n) is 6.21. The molecule has 1 aromatic rings. The number of aryl methyl sites for hydroxylation is 1. The van der Waals surface area contributed by atoms with Crippen LogP contribution < -0.4 is 5.32 Å². The minimum Gasteiger partial charge on any atom is -0.311 e. The predicted octanol–water partition coefficient (Wildman–Crippen LogP) is 3.07. The molecule has 2 heteroatoms. The smallest absolute Gasteiger partial charge is 0.0237 e. The Morgan fingerprint density at radius 2 is 1.84 bits per heavy atom. The first-order valence-electron chi connectivity index (χ1n) is 7.65. The van der Waals surface area contributed by atoms with E-state index in [-0.39, 0.29) is 0 Å². The fourth-order valence-electron chi connectivity index (χ4n) is 2.73. The van der Waals surface area contributed by atoms with E-state index >= 15 is 0 Å². The molecule has 0 bridgehead atoms. The van der Waals surface area contributed by atoms with E-state index in [1.54, 1.807) is 0 Å². The van der Waals surface area contributed by atoms with Crippen LogP contribution in [0.4, 0.5) is 0 Å². The predicted molar refractivity (Wildman–Crippen MR) is 82.3 cm³/mol. The monoisotopic (exact) mass is 260 g/mol. The standard InChI is InChI=1S/C17H28N2/c1-5-15-6-8-16(9-7-15)11-19-12-17(13(2)3)18-10-14(19)4/h6-9,13-14,17-18H,5,10-12H2,1-4H3. The number of rotatable bonds is 4. The molecule has 2 atom stereocenters. The molecule has 1 heterocycles. The summed E-state index contributed by atoms with van der Waals surface area (Å²) in [6, 6.07) is 10.4. The fraction of sp³-hybridized carbons (Fsp3) is 0.647. The van der Waals surface area contributed by atoms with Crippen LogP contribution in [-0.4, -0.2) is 30.1 Å². The summed E-state index contributed by atoms with van der Waals surface area (Å²) in [6.45, 7) is 12.5. The van der Waals surface area contributed by atoms with Gasteiger partial charge in [0, 0.05) is 31.7 Å². The number of hydrogen-bond acceptors (Lipinski definition) is 2. The molecule has 0 aliphatic carbocycles. The lowest BCUT2D eigenvalue weighted by molar-refractivity contribution is 0.116. The van der Waals surface area contributed by atoms with Crippen LogP contribution >= 0.6 is 0 Å². The summed E-state index contributed by atoms with van der Waals surface area (Å²) in [5.41, 5.74) is 2.87. The molecule has 0 amide bonds. The van der Waals surface area contributed by atoms with Crippen molar-refractivity contribution >= 4 is 0 Å². The Labute approximate surface area is 118 Å². The second-order valence-corrected chi connectivity index (χ2v) is 6.21. The molecule has 106 valence electrons. The van der Waals surface area contributed by atoms with Crippen molar-refractivity contribution in [3.8, 4) is 0 Å². The molecule has 19 heavy (non-hydrogen) atoms. The lowest BCUT2D eigenvalue weighted by Crippen LogP contribution is -2.56. The van der Waals surface area contributed by atoms with Gasteiger partial charge in [0.1, 0.15) is 0 Å². The van der Waals surface area contributed by atoms with Gasteiger partial charge >= 0.3 is 0 Å². The van der Waals surface area contributed by atoms with Gasteiger partial charge in [-0.25, -0.2) is 0 Å². The molecule has 1 aliphatic heterocycles. The number of benzene rings is 1. The zero-order chi connectivity index (χ0) is 13.8. The summed E-state index contributed by atoms with van der Waals surface area (Å²) in [4.78, 5) is 2.61. The summed E-state index contributed by atoms with van der Waals surface area (Å²) < 4.78 is 0. The van der Waals surface area contributed by atoms with Gasteiger partial charge in [-0.2, -0.15) is 0 Å². The van der Waals surface area contributed by atoms with E-state index in [1.807, 2.05) is 0 Å². The van der Waals surface area contributed by atoms with E-state index in [4.69, 9.17) is 0 Å². The summed E-state index contributed by atoms with van der Waals surface area (Å²) in [5, 5.41) is 3.66. The maximum absolute atomic E-state index is 3.66. The molecule has 2 rings (SSSR count). The van der Waals surface area contributed by atoms with Crippen molar-refractivity contribution in [3.63, 3.8) is 0 Å². The van der Waals surface area contributed by atoms with E-state index in [0.717, 1.165) is 26.1 Å². The van der Waals surface area contributed by atoms with E-state index in [0.29, 0.717) is 18.0 Å². The molecular weight excluding hydrogens is 232 g/mol. The Kier molecular flexibility index (Phi) is 5.00. The van der Waals surface area contributed by atoms with Gasteiger partial charge in [-0.15, -0.1) is 0 Å². The highest BCUT2D eigenvalue weighted by molar-refractivity contribution is 5.22. The molecule has 2 nitrogen and oxygen atoms in total. The highest BCUT2D eigenvalue weighted by Gasteiger charge is 2.26. The van der Waals surface area contributed by atoms with Crippen molar-refractivity contribution in [1.82, 2.24) is 10.2 Å². The normalized spacial score (nSPS) is 24.9. The van der Waals surface area contributed by atoms with Gasteiger partial charge < -0.3 is 5.32 Å². The van der Waals surface area contributed by atoms with Crippen molar-refractivity contribution < 1.29 is 0 Å². The van der Waals surface area contributed by atoms with Crippen molar-refractivity contribution in [2.24, 2.45) is 5.92 Å². The van der Waals surface area contributed by atoms with Crippen LogP contribution in [-0.2, 0) is 13.0 Å². The quantitative estimate of drug-likeness (QED) is 0.895. The van der Waals surface area contributed by atoms with Gasteiger partial charge in [-0.05, 0) is 30.4 Å². The van der Waals surface area contributed by atoms with Crippen LogP contribution in [0.2, 0.25) is 0 Å². The third-order valence-corrected chi connectivity index (χ3v) is 4.35. The van der Waals surface area contributed by atoms with Crippen LogP contribution in [0, 0.1) is 5.92 Å². The first-order chi connectivity index (χ1) is 9.10. The van der Waals surface area contributed by atoms with Crippen LogP contribution in [0.25, 0.3) is 0 Å². The molecule has 1 saturated heterocycles. The van der Waals surface area contributed by atoms with Gasteiger partial charge in [0.15, 0.2) is 0 Å². The first-order valence-corrected chi connectivity index (χ1v) is 7.65. The minimum absolute atomic E-state index is 0.626. The largest absolute Gasteiger partial charge is 0.311 e. The molecule has 1 aliphatic rings. The average Bonchev–Trinajstić information content (AvgIpc) is 2.42. The van der Waals surface area contributed by atoms with Gasteiger partial charge in [0.25, 0.3) is 0 Å². The van der Waals surface area contributed by atoms with E-state index < -0.39 is 0 Å². The Bertz CT molecular complexity index is 383. The topological polar surface area (TPSA) is 15.3 Å². The summed E-state index contributed by atoms with van der Waals surface area (Å²) in [5.74, 6) is 0.706. The lowest BCUT2D eigenvalue weighted by Gasteiger charge is -2.40. The molecule has 0 radical (unpaired) electrons. The van der Waals surface area contributed by atoms with Crippen molar-refractivity contribution in [2.75, 3.05) is 13.1 Å².